The van der Waals surface area contributed by atoms with E-state index >= 15 is 0 Å². The molecule has 0 aliphatic heterocycles. The van der Waals surface area contributed by atoms with Crippen LogP contribution in [0.25, 0.3) is 0 Å². The molecule has 3 nitrogen and oxygen atoms in total. The molecule has 0 aliphatic rings. The Balaban J connectivity index is 2.91. The zero-order valence-electron chi connectivity index (χ0n) is 8.88. The summed E-state index contributed by atoms with van der Waals surface area (Å²) in [6.45, 7) is 7.48. The van der Waals surface area contributed by atoms with Crippen LogP contribution in [0.15, 0.2) is 0 Å². The highest BCUT2D eigenvalue weighted by Gasteiger charge is 1.98. The molecule has 13 heavy (non-hydrogen) atoms. The van der Waals surface area contributed by atoms with E-state index in [0.29, 0.717) is 0 Å². The van der Waals surface area contributed by atoms with E-state index in [0.717, 1.165) is 45.6 Å². The van der Waals surface area contributed by atoms with Gasteiger partial charge in [0, 0.05) is 13.2 Å². The fraction of sp³-hybridized carbons (Fsp3) is 1.00. The third-order valence-electron chi connectivity index (χ3n) is 1.90. The Bertz CT molecular complexity index is 98.9. The number of rotatable bonds is 9. The molecular formula is C10H23NO2. The molecule has 1 unspecified atom stereocenters. The second-order valence-corrected chi connectivity index (χ2v) is 3.21. The summed E-state index contributed by atoms with van der Waals surface area (Å²) in [5, 5.41) is 12.5. The van der Waals surface area contributed by atoms with E-state index in [-0.39, 0.29) is 6.10 Å². The third-order valence-corrected chi connectivity index (χ3v) is 1.90. The molecule has 0 spiro atoms. The first kappa shape index (κ1) is 12.9. The van der Waals surface area contributed by atoms with Crippen LogP contribution in [-0.2, 0) is 4.74 Å². The van der Waals surface area contributed by atoms with Gasteiger partial charge < -0.3 is 15.2 Å². The van der Waals surface area contributed by atoms with Crippen molar-refractivity contribution < 1.29 is 9.84 Å². The molecule has 0 aromatic rings. The molecule has 0 bridgehead atoms. The molecule has 0 saturated heterocycles. The Kier molecular flexibility index (Phi) is 9.87. The molecule has 0 aromatic carbocycles. The van der Waals surface area contributed by atoms with Gasteiger partial charge in [-0.2, -0.15) is 0 Å². The lowest BCUT2D eigenvalue weighted by atomic mass is 10.2. The SMILES string of the molecule is CCCOCCNCCC(O)CC. The van der Waals surface area contributed by atoms with Crippen LogP contribution in [0, 0.1) is 0 Å². The monoisotopic (exact) mass is 189 g/mol. The van der Waals surface area contributed by atoms with Gasteiger partial charge in [0.05, 0.1) is 12.7 Å². The number of hydrogen-bond donors (Lipinski definition) is 2. The topological polar surface area (TPSA) is 41.5 Å². The highest BCUT2D eigenvalue weighted by molar-refractivity contribution is 4.55. The van der Waals surface area contributed by atoms with E-state index in [9.17, 15) is 5.11 Å². The summed E-state index contributed by atoms with van der Waals surface area (Å²) in [6, 6.07) is 0. The zero-order chi connectivity index (χ0) is 9.94. The summed E-state index contributed by atoms with van der Waals surface area (Å²) < 4.78 is 5.29. The van der Waals surface area contributed by atoms with Crippen LogP contribution in [0.3, 0.4) is 0 Å². The van der Waals surface area contributed by atoms with Gasteiger partial charge in [-0.05, 0) is 25.8 Å². The van der Waals surface area contributed by atoms with Gasteiger partial charge in [0.1, 0.15) is 0 Å². The lowest BCUT2D eigenvalue weighted by Crippen LogP contribution is -2.24. The molecule has 2 N–H and O–H groups in total. The minimum absolute atomic E-state index is 0.149. The summed E-state index contributed by atoms with van der Waals surface area (Å²) in [4.78, 5) is 0. The van der Waals surface area contributed by atoms with Crippen molar-refractivity contribution in [1.29, 1.82) is 0 Å². The maximum absolute atomic E-state index is 9.23. The molecular weight excluding hydrogens is 166 g/mol. The lowest BCUT2D eigenvalue weighted by Gasteiger charge is -2.08. The molecule has 1 atom stereocenters. The van der Waals surface area contributed by atoms with Crippen LogP contribution in [0.4, 0.5) is 0 Å². The van der Waals surface area contributed by atoms with Gasteiger partial charge in [0.15, 0.2) is 0 Å². The minimum Gasteiger partial charge on any atom is -0.393 e. The number of nitrogens with one attached hydrogen (secondary N) is 1. The summed E-state index contributed by atoms with van der Waals surface area (Å²) in [7, 11) is 0. The van der Waals surface area contributed by atoms with Crippen molar-refractivity contribution in [2.24, 2.45) is 0 Å². The number of aliphatic hydroxyl groups excluding tert-OH is 1. The molecule has 0 heterocycles. The van der Waals surface area contributed by atoms with Crippen LogP contribution in [-0.4, -0.2) is 37.5 Å². The molecule has 0 aromatic heterocycles. The van der Waals surface area contributed by atoms with E-state index in [2.05, 4.69) is 12.2 Å². The molecule has 0 saturated carbocycles. The highest BCUT2D eigenvalue weighted by Crippen LogP contribution is 1.93. The molecule has 3 heteroatoms. The number of ether oxygens (including phenoxy) is 1. The maximum Gasteiger partial charge on any atom is 0.0590 e. The Morgan fingerprint density at radius 3 is 2.62 bits per heavy atom. The number of hydrogen-bond acceptors (Lipinski definition) is 3. The van der Waals surface area contributed by atoms with E-state index in [1.54, 1.807) is 0 Å². The van der Waals surface area contributed by atoms with E-state index in [1.807, 2.05) is 6.92 Å². The van der Waals surface area contributed by atoms with Gasteiger partial charge in [0.2, 0.25) is 0 Å². The third kappa shape index (κ3) is 9.80. The van der Waals surface area contributed by atoms with Gasteiger partial charge >= 0.3 is 0 Å². The fourth-order valence-corrected chi connectivity index (χ4v) is 0.989. The maximum atomic E-state index is 9.23. The number of aliphatic hydroxyl groups is 1. The van der Waals surface area contributed by atoms with Gasteiger partial charge in [-0.15, -0.1) is 0 Å². The first-order valence-corrected chi connectivity index (χ1v) is 5.27. The Labute approximate surface area is 81.5 Å². The Hall–Kier alpha value is -0.120. The predicted octanol–water partition coefficient (Wildman–Crippen LogP) is 1.16. The lowest BCUT2D eigenvalue weighted by molar-refractivity contribution is 0.132. The van der Waals surface area contributed by atoms with Crippen molar-refractivity contribution in [3.63, 3.8) is 0 Å². The first-order valence-electron chi connectivity index (χ1n) is 5.27. The Morgan fingerprint density at radius 2 is 2.00 bits per heavy atom. The van der Waals surface area contributed by atoms with Gasteiger partial charge in [-0.3, -0.25) is 0 Å². The van der Waals surface area contributed by atoms with Crippen molar-refractivity contribution in [2.75, 3.05) is 26.3 Å². The van der Waals surface area contributed by atoms with Gasteiger partial charge in [-0.25, -0.2) is 0 Å². The molecule has 80 valence electrons. The highest BCUT2D eigenvalue weighted by atomic mass is 16.5. The van der Waals surface area contributed by atoms with Gasteiger partial charge in [-0.1, -0.05) is 13.8 Å². The average molecular weight is 189 g/mol. The van der Waals surface area contributed by atoms with Crippen LogP contribution in [0.2, 0.25) is 0 Å². The van der Waals surface area contributed by atoms with E-state index in [4.69, 9.17) is 4.74 Å². The van der Waals surface area contributed by atoms with Crippen molar-refractivity contribution >= 4 is 0 Å². The summed E-state index contributed by atoms with van der Waals surface area (Å²) in [6.07, 6.45) is 2.61. The van der Waals surface area contributed by atoms with Gasteiger partial charge in [0.25, 0.3) is 0 Å². The minimum atomic E-state index is -0.149. The molecule has 0 amide bonds. The standard InChI is InChI=1S/C10H23NO2/c1-3-8-13-9-7-11-6-5-10(12)4-2/h10-12H,3-9H2,1-2H3. The van der Waals surface area contributed by atoms with Crippen LogP contribution >= 0.6 is 0 Å². The quantitative estimate of drug-likeness (QED) is 0.535. The summed E-state index contributed by atoms with van der Waals surface area (Å²) >= 11 is 0. The van der Waals surface area contributed by atoms with Crippen LogP contribution in [0.1, 0.15) is 33.1 Å². The van der Waals surface area contributed by atoms with Crippen molar-refractivity contribution in [1.82, 2.24) is 5.32 Å². The Morgan fingerprint density at radius 1 is 1.23 bits per heavy atom. The first-order chi connectivity index (χ1) is 6.31. The zero-order valence-corrected chi connectivity index (χ0v) is 8.88. The van der Waals surface area contributed by atoms with Crippen molar-refractivity contribution in [3.8, 4) is 0 Å². The molecule has 0 fully saturated rings. The van der Waals surface area contributed by atoms with E-state index < -0.39 is 0 Å². The largest absolute Gasteiger partial charge is 0.393 e. The molecule has 0 rings (SSSR count). The summed E-state index contributed by atoms with van der Waals surface area (Å²) in [5.41, 5.74) is 0. The van der Waals surface area contributed by atoms with Crippen molar-refractivity contribution in [2.45, 2.75) is 39.2 Å². The second-order valence-electron chi connectivity index (χ2n) is 3.21. The fourth-order valence-electron chi connectivity index (χ4n) is 0.989. The summed E-state index contributed by atoms with van der Waals surface area (Å²) in [5.74, 6) is 0. The normalized spacial score (nSPS) is 13.2. The van der Waals surface area contributed by atoms with Crippen LogP contribution in [0.5, 0.6) is 0 Å². The molecule has 0 aliphatic carbocycles. The smallest absolute Gasteiger partial charge is 0.0590 e. The second kappa shape index (κ2) is 9.96. The predicted molar refractivity (Wildman–Crippen MR) is 54.9 cm³/mol. The van der Waals surface area contributed by atoms with Crippen LogP contribution < -0.4 is 5.32 Å². The van der Waals surface area contributed by atoms with Crippen molar-refractivity contribution in [3.05, 3.63) is 0 Å². The molecule has 0 radical (unpaired) electrons. The average Bonchev–Trinajstić information content (AvgIpc) is 2.16. The van der Waals surface area contributed by atoms with E-state index in [1.165, 1.54) is 0 Å².